The van der Waals surface area contributed by atoms with Crippen molar-refractivity contribution in [3.05, 3.63) is 36.9 Å². The molecule has 1 heterocycles. The third-order valence-electron chi connectivity index (χ3n) is 4.65. The Morgan fingerprint density at radius 1 is 1.43 bits per heavy atom. The average molecular weight is 315 g/mol. The van der Waals surface area contributed by atoms with E-state index >= 15 is 0 Å². The first kappa shape index (κ1) is 15.4. The van der Waals surface area contributed by atoms with Gasteiger partial charge in [-0.3, -0.25) is 4.79 Å². The molecule has 23 heavy (non-hydrogen) atoms. The van der Waals surface area contributed by atoms with Gasteiger partial charge >= 0.3 is 6.03 Å². The van der Waals surface area contributed by atoms with Crippen molar-refractivity contribution in [1.82, 2.24) is 10.2 Å². The summed E-state index contributed by atoms with van der Waals surface area (Å²) in [4.78, 5) is 25.8. The lowest BCUT2D eigenvalue weighted by Crippen LogP contribution is -2.41. The van der Waals surface area contributed by atoms with E-state index in [2.05, 4.69) is 17.2 Å². The first-order chi connectivity index (χ1) is 11.1. The maximum absolute atomic E-state index is 12.5. The number of carbonyl (C=O) groups excluding carboxylic acids is 2. The first-order valence-corrected chi connectivity index (χ1v) is 7.69. The smallest absolute Gasteiger partial charge is 0.321 e. The summed E-state index contributed by atoms with van der Waals surface area (Å²) in [7, 11) is 1.59. The molecule has 1 aromatic carbocycles. The van der Waals surface area contributed by atoms with Gasteiger partial charge in [0.25, 0.3) is 0 Å². The standard InChI is InChI=1S/C17H21N3O3/c1-3-15(21)19-14-10-20(11-17(14)7-8-17)16(22)18-12-5-4-6-13(9-12)23-2/h3-6,9,14H,1,7-8,10-11H2,2H3,(H,18,22)(H,19,21). The summed E-state index contributed by atoms with van der Waals surface area (Å²) in [5.41, 5.74) is 0.738. The van der Waals surface area contributed by atoms with Crippen molar-refractivity contribution in [2.75, 3.05) is 25.5 Å². The molecule has 0 bridgehead atoms. The molecule has 1 atom stereocenters. The van der Waals surface area contributed by atoms with Gasteiger partial charge in [-0.1, -0.05) is 12.6 Å². The van der Waals surface area contributed by atoms with Crippen molar-refractivity contribution < 1.29 is 14.3 Å². The zero-order valence-corrected chi connectivity index (χ0v) is 13.2. The molecule has 1 saturated heterocycles. The number of hydrogen-bond donors (Lipinski definition) is 2. The highest BCUT2D eigenvalue weighted by Crippen LogP contribution is 2.52. The fourth-order valence-corrected chi connectivity index (χ4v) is 3.12. The normalized spacial score (nSPS) is 20.9. The number of methoxy groups -OCH3 is 1. The molecule has 3 amide bonds. The summed E-state index contributed by atoms with van der Waals surface area (Å²) in [6, 6.07) is 7.10. The Labute approximate surface area is 135 Å². The van der Waals surface area contributed by atoms with Gasteiger partial charge in [0.15, 0.2) is 0 Å². The van der Waals surface area contributed by atoms with Gasteiger partial charge in [0.05, 0.1) is 13.2 Å². The molecule has 1 aliphatic heterocycles. The maximum Gasteiger partial charge on any atom is 0.321 e. The van der Waals surface area contributed by atoms with Crippen molar-refractivity contribution in [1.29, 1.82) is 0 Å². The highest BCUT2D eigenvalue weighted by Gasteiger charge is 2.56. The van der Waals surface area contributed by atoms with Crippen molar-refractivity contribution in [2.24, 2.45) is 5.41 Å². The second kappa shape index (κ2) is 5.95. The van der Waals surface area contributed by atoms with Gasteiger partial charge < -0.3 is 20.3 Å². The van der Waals surface area contributed by atoms with Crippen molar-refractivity contribution in [3.8, 4) is 5.75 Å². The van der Waals surface area contributed by atoms with Crippen LogP contribution in [0, 0.1) is 5.41 Å². The zero-order valence-electron chi connectivity index (χ0n) is 13.2. The largest absolute Gasteiger partial charge is 0.497 e. The van der Waals surface area contributed by atoms with Crippen LogP contribution in [0.4, 0.5) is 10.5 Å². The van der Waals surface area contributed by atoms with Crippen LogP contribution in [0.5, 0.6) is 5.75 Å². The zero-order chi connectivity index (χ0) is 16.4. The van der Waals surface area contributed by atoms with Gasteiger partial charge in [-0.2, -0.15) is 0 Å². The lowest BCUT2D eigenvalue weighted by Gasteiger charge is -2.18. The molecule has 0 radical (unpaired) electrons. The van der Waals surface area contributed by atoms with Crippen LogP contribution in [0.2, 0.25) is 0 Å². The first-order valence-electron chi connectivity index (χ1n) is 7.69. The summed E-state index contributed by atoms with van der Waals surface area (Å²) in [6.45, 7) is 4.68. The van der Waals surface area contributed by atoms with E-state index in [1.54, 1.807) is 18.1 Å². The summed E-state index contributed by atoms with van der Waals surface area (Å²) >= 11 is 0. The maximum atomic E-state index is 12.5. The molecule has 6 nitrogen and oxygen atoms in total. The summed E-state index contributed by atoms with van der Waals surface area (Å²) in [5, 5.41) is 5.84. The Morgan fingerprint density at radius 3 is 2.87 bits per heavy atom. The number of ether oxygens (including phenoxy) is 1. The van der Waals surface area contributed by atoms with Crippen LogP contribution in [0.25, 0.3) is 0 Å². The monoisotopic (exact) mass is 315 g/mol. The topological polar surface area (TPSA) is 70.7 Å². The molecule has 1 unspecified atom stereocenters. The predicted octanol–water partition coefficient (Wildman–Crippen LogP) is 1.99. The van der Waals surface area contributed by atoms with E-state index in [4.69, 9.17) is 4.74 Å². The number of benzene rings is 1. The molecule has 6 heteroatoms. The van der Waals surface area contributed by atoms with Gasteiger partial charge in [-0.25, -0.2) is 4.79 Å². The van der Waals surface area contributed by atoms with Crippen LogP contribution in [0.15, 0.2) is 36.9 Å². The van der Waals surface area contributed by atoms with Crippen LogP contribution < -0.4 is 15.4 Å². The number of anilines is 1. The molecular weight excluding hydrogens is 294 g/mol. The van der Waals surface area contributed by atoms with Gasteiger partial charge in [0.1, 0.15) is 5.75 Å². The summed E-state index contributed by atoms with van der Waals surface area (Å²) in [5.74, 6) is 0.510. The minimum Gasteiger partial charge on any atom is -0.497 e. The Morgan fingerprint density at radius 2 is 2.22 bits per heavy atom. The Hall–Kier alpha value is -2.50. The Bertz CT molecular complexity index is 640. The molecule has 3 rings (SSSR count). The van der Waals surface area contributed by atoms with Gasteiger partial charge in [0, 0.05) is 30.3 Å². The Balaban J connectivity index is 1.64. The van der Waals surface area contributed by atoms with Gasteiger partial charge in [-0.05, 0) is 31.1 Å². The SMILES string of the molecule is C=CC(=O)NC1CN(C(=O)Nc2cccc(OC)c2)CC12CC2. The minimum atomic E-state index is -0.184. The third kappa shape index (κ3) is 3.16. The number of nitrogens with one attached hydrogen (secondary N) is 2. The van der Waals surface area contributed by atoms with E-state index in [1.807, 2.05) is 18.2 Å². The molecule has 1 aromatic rings. The van der Waals surface area contributed by atoms with Crippen molar-refractivity contribution in [3.63, 3.8) is 0 Å². The van der Waals surface area contributed by atoms with Crippen LogP contribution in [-0.2, 0) is 4.79 Å². The minimum absolute atomic E-state index is 0.00376. The number of rotatable bonds is 4. The average Bonchev–Trinajstić information content (AvgIpc) is 3.24. The summed E-state index contributed by atoms with van der Waals surface area (Å²) in [6.07, 6.45) is 3.35. The van der Waals surface area contributed by atoms with Crippen LogP contribution in [0.1, 0.15) is 12.8 Å². The van der Waals surface area contributed by atoms with Gasteiger partial charge in [0.2, 0.25) is 5.91 Å². The molecule has 1 spiro atoms. The summed E-state index contributed by atoms with van der Waals surface area (Å²) < 4.78 is 5.16. The highest BCUT2D eigenvalue weighted by atomic mass is 16.5. The third-order valence-corrected chi connectivity index (χ3v) is 4.65. The van der Waals surface area contributed by atoms with Crippen molar-refractivity contribution in [2.45, 2.75) is 18.9 Å². The van der Waals surface area contributed by atoms with Gasteiger partial charge in [-0.15, -0.1) is 0 Å². The number of nitrogens with zero attached hydrogens (tertiary/aromatic N) is 1. The van der Waals surface area contributed by atoms with E-state index in [0.717, 1.165) is 12.8 Å². The molecule has 122 valence electrons. The fourth-order valence-electron chi connectivity index (χ4n) is 3.12. The number of urea groups is 1. The molecule has 2 aliphatic rings. The fraction of sp³-hybridized carbons (Fsp3) is 0.412. The predicted molar refractivity (Wildman–Crippen MR) is 87.4 cm³/mol. The molecule has 2 fully saturated rings. The molecular formula is C17H21N3O3. The number of carbonyl (C=O) groups is 2. The lowest BCUT2D eigenvalue weighted by atomic mass is 10.0. The Kier molecular flexibility index (Phi) is 3.98. The number of hydrogen-bond acceptors (Lipinski definition) is 3. The van der Waals surface area contributed by atoms with Crippen LogP contribution >= 0.6 is 0 Å². The number of likely N-dealkylation sites (tertiary alicyclic amines) is 1. The van der Waals surface area contributed by atoms with E-state index in [9.17, 15) is 9.59 Å². The molecule has 1 saturated carbocycles. The second-order valence-electron chi connectivity index (χ2n) is 6.17. The van der Waals surface area contributed by atoms with E-state index < -0.39 is 0 Å². The van der Waals surface area contributed by atoms with E-state index in [1.165, 1.54) is 6.08 Å². The van der Waals surface area contributed by atoms with Crippen LogP contribution in [0.3, 0.4) is 0 Å². The quantitative estimate of drug-likeness (QED) is 0.835. The molecule has 0 aromatic heterocycles. The van der Waals surface area contributed by atoms with Crippen LogP contribution in [-0.4, -0.2) is 43.1 Å². The van der Waals surface area contributed by atoms with E-state index in [0.29, 0.717) is 24.5 Å². The van der Waals surface area contributed by atoms with E-state index in [-0.39, 0.29) is 23.4 Å². The highest BCUT2D eigenvalue weighted by molar-refractivity contribution is 5.90. The second-order valence-corrected chi connectivity index (χ2v) is 6.17. The molecule has 2 N–H and O–H groups in total. The van der Waals surface area contributed by atoms with Crippen molar-refractivity contribution >= 4 is 17.6 Å². The lowest BCUT2D eigenvalue weighted by molar-refractivity contribution is -0.117. The number of amides is 3. The molecule has 1 aliphatic carbocycles.